The molecule has 0 spiro atoms. The quantitative estimate of drug-likeness (QED) is 0.716. The summed E-state index contributed by atoms with van der Waals surface area (Å²) in [6.45, 7) is 2.13. The highest BCUT2D eigenvalue weighted by atomic mass is 19.1. The second kappa shape index (κ2) is 7.95. The highest BCUT2D eigenvalue weighted by molar-refractivity contribution is 5.79. The number of hydrogen-bond acceptors (Lipinski definition) is 2. The number of fused-ring (bicyclic) bond motifs is 1. The SMILES string of the molecule is CC(Cc1ccccc1F)C(=O)NCCc1cc2ccccc2[nH]c1=O. The Morgan fingerprint density at radius 1 is 1.12 bits per heavy atom. The Hall–Kier alpha value is -2.95. The van der Waals surface area contributed by atoms with Crippen molar-refractivity contribution in [1.29, 1.82) is 0 Å². The van der Waals surface area contributed by atoms with Gasteiger partial charge in [0.25, 0.3) is 5.56 Å². The van der Waals surface area contributed by atoms with E-state index in [1.54, 1.807) is 25.1 Å². The van der Waals surface area contributed by atoms with Gasteiger partial charge in [-0.25, -0.2) is 4.39 Å². The fourth-order valence-corrected chi connectivity index (χ4v) is 2.96. The fourth-order valence-electron chi connectivity index (χ4n) is 2.96. The first kappa shape index (κ1) is 17.9. The normalized spacial score (nSPS) is 12.1. The molecule has 0 bridgehead atoms. The summed E-state index contributed by atoms with van der Waals surface area (Å²) >= 11 is 0. The molecular formula is C21H21FN2O2. The molecule has 0 aliphatic rings. The van der Waals surface area contributed by atoms with Crippen molar-refractivity contribution in [3.8, 4) is 0 Å². The van der Waals surface area contributed by atoms with Crippen molar-refractivity contribution >= 4 is 16.8 Å². The summed E-state index contributed by atoms with van der Waals surface area (Å²) < 4.78 is 13.7. The van der Waals surface area contributed by atoms with Crippen LogP contribution in [0.2, 0.25) is 0 Å². The van der Waals surface area contributed by atoms with E-state index in [2.05, 4.69) is 10.3 Å². The Morgan fingerprint density at radius 2 is 1.85 bits per heavy atom. The van der Waals surface area contributed by atoms with Gasteiger partial charge in [-0.1, -0.05) is 43.3 Å². The van der Waals surface area contributed by atoms with Crippen LogP contribution in [0.25, 0.3) is 10.9 Å². The molecule has 3 aromatic rings. The van der Waals surface area contributed by atoms with Crippen molar-refractivity contribution < 1.29 is 9.18 Å². The lowest BCUT2D eigenvalue weighted by Crippen LogP contribution is -2.32. The third-order valence-electron chi connectivity index (χ3n) is 4.46. The van der Waals surface area contributed by atoms with Gasteiger partial charge in [-0.15, -0.1) is 0 Å². The molecular weight excluding hydrogens is 331 g/mol. The van der Waals surface area contributed by atoms with E-state index in [-0.39, 0.29) is 23.2 Å². The lowest BCUT2D eigenvalue weighted by molar-refractivity contribution is -0.124. The van der Waals surface area contributed by atoms with E-state index in [1.165, 1.54) is 6.07 Å². The summed E-state index contributed by atoms with van der Waals surface area (Å²) in [6, 6.07) is 15.9. The first-order chi connectivity index (χ1) is 12.5. The maximum Gasteiger partial charge on any atom is 0.251 e. The minimum absolute atomic E-state index is 0.141. The molecule has 1 aromatic heterocycles. The Kier molecular flexibility index (Phi) is 5.46. The summed E-state index contributed by atoms with van der Waals surface area (Å²) in [5.74, 6) is -0.790. The predicted molar refractivity (Wildman–Crippen MR) is 101 cm³/mol. The van der Waals surface area contributed by atoms with Gasteiger partial charge in [-0.05, 0) is 42.0 Å². The number of carbonyl (C=O) groups is 1. The third-order valence-corrected chi connectivity index (χ3v) is 4.46. The van der Waals surface area contributed by atoms with Gasteiger partial charge in [-0.3, -0.25) is 9.59 Å². The van der Waals surface area contributed by atoms with E-state index < -0.39 is 0 Å². The fraction of sp³-hybridized carbons (Fsp3) is 0.238. The molecule has 0 saturated carbocycles. The van der Waals surface area contributed by atoms with E-state index in [0.717, 1.165) is 10.9 Å². The second-order valence-electron chi connectivity index (χ2n) is 6.45. The smallest absolute Gasteiger partial charge is 0.251 e. The topological polar surface area (TPSA) is 62.0 Å². The summed E-state index contributed by atoms with van der Waals surface area (Å²) in [5, 5.41) is 3.79. The number of rotatable bonds is 6. The standard InChI is InChI=1S/C21H21FN2O2/c1-14(12-15-6-2-4-8-18(15)22)20(25)23-11-10-17-13-16-7-3-5-9-19(16)24-21(17)26/h2-9,13-14H,10-12H2,1H3,(H,23,25)(H,24,26). The number of carbonyl (C=O) groups excluding carboxylic acids is 1. The largest absolute Gasteiger partial charge is 0.356 e. The van der Waals surface area contributed by atoms with Crippen LogP contribution in [0.15, 0.2) is 59.4 Å². The number of amides is 1. The van der Waals surface area contributed by atoms with Crippen LogP contribution in [0.3, 0.4) is 0 Å². The first-order valence-corrected chi connectivity index (χ1v) is 8.66. The molecule has 1 heterocycles. The molecule has 0 saturated heterocycles. The molecule has 0 radical (unpaired) electrons. The van der Waals surface area contributed by atoms with Gasteiger partial charge >= 0.3 is 0 Å². The lowest BCUT2D eigenvalue weighted by atomic mass is 10.00. The minimum atomic E-state index is -0.346. The number of aromatic nitrogens is 1. The van der Waals surface area contributed by atoms with E-state index in [0.29, 0.717) is 30.5 Å². The Morgan fingerprint density at radius 3 is 2.65 bits per heavy atom. The molecule has 0 aliphatic heterocycles. The van der Waals surface area contributed by atoms with E-state index >= 15 is 0 Å². The molecule has 3 rings (SSSR count). The van der Waals surface area contributed by atoms with Crippen molar-refractivity contribution in [2.45, 2.75) is 19.8 Å². The average Bonchev–Trinajstić information content (AvgIpc) is 2.63. The number of para-hydroxylation sites is 1. The van der Waals surface area contributed by atoms with Gasteiger partial charge < -0.3 is 10.3 Å². The molecule has 0 fully saturated rings. The molecule has 1 atom stereocenters. The lowest BCUT2D eigenvalue weighted by Gasteiger charge is -2.13. The summed E-state index contributed by atoms with van der Waals surface area (Å²) in [6.07, 6.45) is 0.785. The molecule has 2 aromatic carbocycles. The molecule has 1 unspecified atom stereocenters. The van der Waals surface area contributed by atoms with Crippen LogP contribution in [0, 0.1) is 11.7 Å². The molecule has 26 heavy (non-hydrogen) atoms. The van der Waals surface area contributed by atoms with Crippen molar-refractivity contribution in [3.63, 3.8) is 0 Å². The number of benzene rings is 2. The van der Waals surface area contributed by atoms with Crippen molar-refractivity contribution in [1.82, 2.24) is 10.3 Å². The second-order valence-corrected chi connectivity index (χ2v) is 6.45. The average molecular weight is 352 g/mol. The van der Waals surface area contributed by atoms with Gasteiger partial charge in [0, 0.05) is 23.5 Å². The van der Waals surface area contributed by atoms with Gasteiger partial charge in [0.05, 0.1) is 0 Å². The van der Waals surface area contributed by atoms with E-state index in [9.17, 15) is 14.0 Å². The zero-order valence-electron chi connectivity index (χ0n) is 14.6. The monoisotopic (exact) mass is 352 g/mol. The number of aromatic amines is 1. The highest BCUT2D eigenvalue weighted by Crippen LogP contribution is 2.13. The summed E-state index contributed by atoms with van der Waals surface area (Å²) in [5.41, 5.74) is 1.81. The zero-order chi connectivity index (χ0) is 18.5. The number of halogens is 1. The molecule has 0 aliphatic carbocycles. The predicted octanol–water partition coefficient (Wildman–Crippen LogP) is 3.20. The van der Waals surface area contributed by atoms with Crippen LogP contribution in [0.5, 0.6) is 0 Å². The van der Waals surface area contributed by atoms with E-state index in [4.69, 9.17) is 0 Å². The molecule has 2 N–H and O–H groups in total. The van der Waals surface area contributed by atoms with Crippen LogP contribution in [-0.2, 0) is 17.6 Å². The van der Waals surface area contributed by atoms with Crippen LogP contribution >= 0.6 is 0 Å². The minimum Gasteiger partial charge on any atom is -0.356 e. The first-order valence-electron chi connectivity index (χ1n) is 8.66. The van der Waals surface area contributed by atoms with Gasteiger partial charge in [-0.2, -0.15) is 0 Å². The molecule has 5 heteroatoms. The van der Waals surface area contributed by atoms with Crippen molar-refractivity contribution in [2.75, 3.05) is 6.54 Å². The molecule has 1 amide bonds. The summed E-state index contributed by atoms with van der Waals surface area (Å²) in [4.78, 5) is 27.2. The van der Waals surface area contributed by atoms with Gasteiger partial charge in [0.1, 0.15) is 5.82 Å². The third kappa shape index (κ3) is 4.17. The molecule has 134 valence electrons. The van der Waals surface area contributed by atoms with Crippen molar-refractivity contribution in [2.24, 2.45) is 5.92 Å². The highest BCUT2D eigenvalue weighted by Gasteiger charge is 2.15. The maximum absolute atomic E-state index is 13.7. The van der Waals surface area contributed by atoms with Crippen LogP contribution in [0.1, 0.15) is 18.1 Å². The van der Waals surface area contributed by atoms with E-state index in [1.807, 2.05) is 30.3 Å². The Labute approximate surface area is 151 Å². The Bertz CT molecular complexity index is 981. The van der Waals surface area contributed by atoms with Gasteiger partial charge in [0.2, 0.25) is 5.91 Å². The summed E-state index contributed by atoms with van der Waals surface area (Å²) in [7, 11) is 0. The van der Waals surface area contributed by atoms with Gasteiger partial charge in [0.15, 0.2) is 0 Å². The molecule has 4 nitrogen and oxygen atoms in total. The van der Waals surface area contributed by atoms with Crippen LogP contribution in [0.4, 0.5) is 4.39 Å². The number of hydrogen-bond donors (Lipinski definition) is 2. The number of H-pyrrole nitrogens is 1. The maximum atomic E-state index is 13.7. The number of pyridine rings is 1. The zero-order valence-corrected chi connectivity index (χ0v) is 14.6. The van der Waals surface area contributed by atoms with Crippen molar-refractivity contribution in [3.05, 3.63) is 81.9 Å². The van der Waals surface area contributed by atoms with Crippen LogP contribution in [-0.4, -0.2) is 17.4 Å². The Balaban J connectivity index is 1.57. The van der Waals surface area contributed by atoms with Crippen LogP contribution < -0.4 is 10.9 Å². The number of nitrogens with one attached hydrogen (secondary N) is 2.